The molecule has 3 rings (SSSR count). The Balaban J connectivity index is 1.54. The Labute approximate surface area is 184 Å². The number of urea groups is 1. The van der Waals surface area contributed by atoms with E-state index in [1.807, 2.05) is 57.2 Å². The topological polar surface area (TPSA) is 70.7 Å². The van der Waals surface area contributed by atoms with Crippen molar-refractivity contribution in [1.82, 2.24) is 10.6 Å². The minimum atomic E-state index is -0.599. The normalized spacial score (nSPS) is 14.1. The number of anilines is 1. The number of Topliss-reactive ketones (excluding diaryl/α,β-unsaturated/α-hetero) is 1. The highest BCUT2D eigenvalue weighted by atomic mass is 16.5. The van der Waals surface area contributed by atoms with E-state index in [4.69, 9.17) is 4.74 Å². The molecule has 2 aromatic carbocycles. The van der Waals surface area contributed by atoms with E-state index >= 15 is 0 Å². The van der Waals surface area contributed by atoms with Gasteiger partial charge in [0.2, 0.25) is 0 Å². The summed E-state index contributed by atoms with van der Waals surface area (Å²) in [7, 11) is 0. The highest BCUT2D eigenvalue weighted by molar-refractivity contribution is 5.99. The van der Waals surface area contributed by atoms with E-state index in [9.17, 15) is 9.59 Å². The summed E-state index contributed by atoms with van der Waals surface area (Å²) in [6, 6.07) is 15.0. The minimum Gasteiger partial charge on any atom is -0.378 e. The fourth-order valence-corrected chi connectivity index (χ4v) is 3.52. The number of allylic oxidation sites excluding steroid dienone is 1. The Morgan fingerprint density at radius 2 is 1.74 bits per heavy atom. The predicted octanol–water partition coefficient (Wildman–Crippen LogP) is 3.97. The van der Waals surface area contributed by atoms with Gasteiger partial charge < -0.3 is 20.3 Å². The van der Waals surface area contributed by atoms with E-state index in [0.29, 0.717) is 18.8 Å². The van der Waals surface area contributed by atoms with Crippen LogP contribution in [0.4, 0.5) is 10.5 Å². The van der Waals surface area contributed by atoms with Gasteiger partial charge in [-0.1, -0.05) is 30.4 Å². The lowest BCUT2D eigenvalue weighted by molar-refractivity contribution is 0.0991. The monoisotopic (exact) mass is 421 g/mol. The van der Waals surface area contributed by atoms with Crippen LogP contribution in [-0.4, -0.2) is 44.7 Å². The highest BCUT2D eigenvalue weighted by Gasteiger charge is 2.23. The second-order valence-corrected chi connectivity index (χ2v) is 8.36. The summed E-state index contributed by atoms with van der Waals surface area (Å²) in [4.78, 5) is 27.2. The summed E-state index contributed by atoms with van der Waals surface area (Å²) < 4.78 is 5.37. The molecule has 2 amide bonds. The van der Waals surface area contributed by atoms with Crippen molar-refractivity contribution in [2.24, 2.45) is 0 Å². The van der Waals surface area contributed by atoms with E-state index in [-0.39, 0.29) is 18.4 Å². The smallest absolute Gasteiger partial charge is 0.315 e. The Bertz CT molecular complexity index is 945. The molecule has 2 aromatic rings. The number of morpholine rings is 1. The lowest BCUT2D eigenvalue weighted by Gasteiger charge is -2.29. The number of nitrogens with one attached hydrogen (secondary N) is 2. The van der Waals surface area contributed by atoms with Crippen molar-refractivity contribution in [2.45, 2.75) is 26.3 Å². The molecule has 0 atom stereocenters. The molecule has 0 unspecified atom stereocenters. The Morgan fingerprint density at radius 3 is 2.39 bits per heavy atom. The van der Waals surface area contributed by atoms with Crippen LogP contribution in [0.25, 0.3) is 5.57 Å². The first-order chi connectivity index (χ1) is 14.8. The van der Waals surface area contributed by atoms with Crippen molar-refractivity contribution in [3.63, 3.8) is 0 Å². The molecule has 0 aliphatic carbocycles. The number of benzene rings is 2. The van der Waals surface area contributed by atoms with E-state index in [2.05, 4.69) is 22.1 Å². The number of carbonyl (C=O) groups excluding carboxylic acids is 2. The molecule has 1 saturated heterocycles. The molecule has 1 heterocycles. The maximum Gasteiger partial charge on any atom is 0.315 e. The largest absolute Gasteiger partial charge is 0.378 e. The predicted molar refractivity (Wildman–Crippen MR) is 125 cm³/mol. The molecule has 6 nitrogen and oxygen atoms in total. The number of hydrogen-bond acceptors (Lipinski definition) is 4. The lowest BCUT2D eigenvalue weighted by Crippen LogP contribution is -2.47. The maximum atomic E-state index is 12.5. The maximum absolute atomic E-state index is 12.5. The van der Waals surface area contributed by atoms with Crippen molar-refractivity contribution in [3.05, 3.63) is 71.8 Å². The summed E-state index contributed by atoms with van der Waals surface area (Å²) in [5.74, 6) is -0.134. The number of nitrogens with zero attached hydrogens (tertiary/aromatic N) is 1. The summed E-state index contributed by atoms with van der Waals surface area (Å²) in [5.41, 5.74) is 4.01. The molecule has 6 heteroatoms. The molecule has 0 aromatic heterocycles. The molecular formula is C25H31N3O3. The summed E-state index contributed by atoms with van der Waals surface area (Å²) in [6.45, 7) is 12.8. The van der Waals surface area contributed by atoms with Gasteiger partial charge >= 0.3 is 6.03 Å². The van der Waals surface area contributed by atoms with E-state index < -0.39 is 5.54 Å². The molecule has 0 saturated carbocycles. The van der Waals surface area contributed by atoms with Gasteiger partial charge in [0.15, 0.2) is 5.78 Å². The zero-order valence-electron chi connectivity index (χ0n) is 18.5. The highest BCUT2D eigenvalue weighted by Crippen LogP contribution is 2.23. The lowest BCUT2D eigenvalue weighted by atomic mass is 9.92. The number of hydrogen-bond donors (Lipinski definition) is 2. The van der Waals surface area contributed by atoms with Gasteiger partial charge in [0.1, 0.15) is 0 Å². The Morgan fingerprint density at radius 1 is 1.06 bits per heavy atom. The van der Waals surface area contributed by atoms with Gasteiger partial charge in [-0.2, -0.15) is 0 Å². The van der Waals surface area contributed by atoms with Crippen LogP contribution in [0.5, 0.6) is 0 Å². The van der Waals surface area contributed by atoms with Gasteiger partial charge in [0.05, 0.1) is 25.3 Å². The second kappa shape index (κ2) is 9.79. The number of amides is 2. The van der Waals surface area contributed by atoms with Crippen LogP contribution in [0.15, 0.2) is 55.1 Å². The quantitative estimate of drug-likeness (QED) is 0.664. The summed E-state index contributed by atoms with van der Waals surface area (Å²) in [6.07, 6.45) is 0. The number of rotatable bonds is 7. The molecule has 164 valence electrons. The fraction of sp³-hybridized carbons (Fsp3) is 0.360. The second-order valence-electron chi connectivity index (χ2n) is 8.36. The van der Waals surface area contributed by atoms with Crippen molar-refractivity contribution in [3.8, 4) is 0 Å². The van der Waals surface area contributed by atoms with Gasteiger partial charge in [-0.3, -0.25) is 4.79 Å². The van der Waals surface area contributed by atoms with Crippen LogP contribution >= 0.6 is 0 Å². The Hall–Kier alpha value is -3.12. The van der Waals surface area contributed by atoms with Gasteiger partial charge in [-0.15, -0.1) is 0 Å². The zero-order chi connectivity index (χ0) is 22.4. The molecular weight excluding hydrogens is 390 g/mol. The molecule has 0 radical (unpaired) electrons. The first-order valence-electron chi connectivity index (χ1n) is 10.5. The van der Waals surface area contributed by atoms with Gasteiger partial charge in [0.25, 0.3) is 0 Å². The molecule has 31 heavy (non-hydrogen) atoms. The third-order valence-corrected chi connectivity index (χ3v) is 5.48. The van der Waals surface area contributed by atoms with E-state index in [1.54, 1.807) is 12.1 Å². The van der Waals surface area contributed by atoms with Crippen molar-refractivity contribution in [2.75, 3.05) is 37.7 Å². The van der Waals surface area contributed by atoms with Crippen LogP contribution in [-0.2, 0) is 10.3 Å². The van der Waals surface area contributed by atoms with Crippen LogP contribution in [0.2, 0.25) is 0 Å². The standard InChI is InChI=1S/C25H31N3O3/c1-18(2)20-6-5-7-21(16-20)25(3,4)27-24(30)26-17-23(29)19-8-10-22(11-9-19)28-12-14-31-15-13-28/h5-11,16H,1,12-15,17H2,2-4H3,(H2,26,27,30). The van der Waals surface area contributed by atoms with Crippen LogP contribution in [0.1, 0.15) is 42.3 Å². The number of ether oxygens (including phenoxy) is 1. The first-order valence-corrected chi connectivity index (χ1v) is 10.5. The number of carbonyl (C=O) groups is 2. The molecule has 1 fully saturated rings. The fourth-order valence-electron chi connectivity index (χ4n) is 3.52. The van der Waals surface area contributed by atoms with Gasteiger partial charge in [-0.25, -0.2) is 4.79 Å². The SMILES string of the molecule is C=C(C)c1cccc(C(C)(C)NC(=O)NCC(=O)c2ccc(N3CCOCC3)cc2)c1. The number of ketones is 1. The zero-order valence-corrected chi connectivity index (χ0v) is 18.5. The van der Waals surface area contributed by atoms with Crippen molar-refractivity contribution in [1.29, 1.82) is 0 Å². The van der Waals surface area contributed by atoms with Crippen LogP contribution in [0.3, 0.4) is 0 Å². The summed E-state index contributed by atoms with van der Waals surface area (Å²) in [5, 5.41) is 5.63. The Kier molecular flexibility index (Phi) is 7.13. The van der Waals surface area contributed by atoms with Crippen LogP contribution < -0.4 is 15.5 Å². The van der Waals surface area contributed by atoms with E-state index in [0.717, 1.165) is 35.5 Å². The molecule has 1 aliphatic rings. The third-order valence-electron chi connectivity index (χ3n) is 5.48. The molecule has 0 spiro atoms. The van der Waals surface area contributed by atoms with Gasteiger partial charge in [-0.05, 0) is 62.2 Å². The molecule has 0 bridgehead atoms. The first kappa shape index (κ1) is 22.6. The van der Waals surface area contributed by atoms with Crippen molar-refractivity contribution >= 4 is 23.1 Å². The average molecular weight is 422 g/mol. The van der Waals surface area contributed by atoms with E-state index in [1.165, 1.54) is 0 Å². The molecule has 2 N–H and O–H groups in total. The van der Waals surface area contributed by atoms with Gasteiger partial charge in [0, 0.05) is 24.3 Å². The third kappa shape index (κ3) is 5.95. The van der Waals surface area contributed by atoms with Crippen molar-refractivity contribution < 1.29 is 14.3 Å². The summed E-state index contributed by atoms with van der Waals surface area (Å²) >= 11 is 0. The minimum absolute atomic E-state index is 0.0649. The average Bonchev–Trinajstić information content (AvgIpc) is 2.78. The van der Waals surface area contributed by atoms with Crippen LogP contribution in [0, 0.1) is 0 Å². The molecule has 1 aliphatic heterocycles.